The summed E-state index contributed by atoms with van der Waals surface area (Å²) < 4.78 is 0. The molecule has 0 saturated carbocycles. The molecule has 1 unspecified atom stereocenters. The molecule has 0 saturated heterocycles. The first kappa shape index (κ1) is 18.8. The lowest BCUT2D eigenvalue weighted by atomic mass is 10.1. The Morgan fingerprint density at radius 2 is 1.50 bits per heavy atom. The molecule has 0 rings (SSSR count). The molecular formula is C16H29NO3. The standard InChI is InChI=1S/C16H29NO3/c1-15(11-14-19)16(20)17(2)12-9-7-5-3-4-6-8-10-13-18/h13-15H,3-12H2,1-2H3. The second-order valence-electron chi connectivity index (χ2n) is 5.49. The summed E-state index contributed by atoms with van der Waals surface area (Å²) in [5.41, 5.74) is 0. The highest BCUT2D eigenvalue weighted by molar-refractivity contribution is 5.80. The number of aldehydes is 2. The lowest BCUT2D eigenvalue weighted by Gasteiger charge is -2.20. The summed E-state index contributed by atoms with van der Waals surface area (Å²) >= 11 is 0. The summed E-state index contributed by atoms with van der Waals surface area (Å²) in [4.78, 5) is 34.1. The van der Waals surface area contributed by atoms with Crippen LogP contribution in [0.4, 0.5) is 0 Å². The van der Waals surface area contributed by atoms with E-state index in [0.717, 1.165) is 44.8 Å². The third-order valence-corrected chi connectivity index (χ3v) is 3.56. The maximum absolute atomic E-state index is 11.8. The highest BCUT2D eigenvalue weighted by atomic mass is 16.2. The molecule has 0 aliphatic heterocycles. The third kappa shape index (κ3) is 9.70. The van der Waals surface area contributed by atoms with Gasteiger partial charge in [-0.15, -0.1) is 0 Å². The Morgan fingerprint density at radius 3 is 2.05 bits per heavy atom. The van der Waals surface area contributed by atoms with Crippen LogP contribution in [0.2, 0.25) is 0 Å². The van der Waals surface area contributed by atoms with Gasteiger partial charge in [0.15, 0.2) is 0 Å². The van der Waals surface area contributed by atoms with Crippen molar-refractivity contribution in [3.05, 3.63) is 0 Å². The molecule has 1 amide bonds. The summed E-state index contributed by atoms with van der Waals surface area (Å²) in [6, 6.07) is 0. The molecule has 1 atom stereocenters. The molecule has 0 spiro atoms. The van der Waals surface area contributed by atoms with Gasteiger partial charge in [-0.25, -0.2) is 0 Å². The van der Waals surface area contributed by atoms with Crippen LogP contribution in [0.3, 0.4) is 0 Å². The Morgan fingerprint density at radius 1 is 0.950 bits per heavy atom. The van der Waals surface area contributed by atoms with E-state index in [4.69, 9.17) is 0 Å². The van der Waals surface area contributed by atoms with E-state index in [1.165, 1.54) is 19.3 Å². The molecule has 0 aromatic rings. The molecule has 0 radical (unpaired) electrons. The molecule has 0 bridgehead atoms. The Kier molecular flexibility index (Phi) is 12.1. The minimum atomic E-state index is -0.199. The molecule has 0 aliphatic carbocycles. The first-order chi connectivity index (χ1) is 9.63. The number of hydrogen-bond acceptors (Lipinski definition) is 3. The van der Waals surface area contributed by atoms with Crippen molar-refractivity contribution in [1.82, 2.24) is 4.90 Å². The second-order valence-corrected chi connectivity index (χ2v) is 5.49. The van der Waals surface area contributed by atoms with Crippen molar-refractivity contribution >= 4 is 18.5 Å². The van der Waals surface area contributed by atoms with E-state index in [9.17, 15) is 14.4 Å². The van der Waals surface area contributed by atoms with Crippen LogP contribution >= 0.6 is 0 Å². The van der Waals surface area contributed by atoms with Crippen molar-refractivity contribution < 1.29 is 14.4 Å². The second kappa shape index (κ2) is 12.8. The molecule has 116 valence electrons. The summed E-state index contributed by atoms with van der Waals surface area (Å²) in [5, 5.41) is 0. The van der Waals surface area contributed by atoms with Gasteiger partial charge < -0.3 is 14.5 Å². The average Bonchev–Trinajstić information content (AvgIpc) is 2.44. The SMILES string of the molecule is CC(CC=O)C(=O)N(C)CCCCCCCCCC=O. The van der Waals surface area contributed by atoms with Gasteiger partial charge >= 0.3 is 0 Å². The monoisotopic (exact) mass is 283 g/mol. The maximum Gasteiger partial charge on any atom is 0.225 e. The number of hydrogen-bond donors (Lipinski definition) is 0. The van der Waals surface area contributed by atoms with Gasteiger partial charge in [0.25, 0.3) is 0 Å². The van der Waals surface area contributed by atoms with Crippen molar-refractivity contribution in [3.8, 4) is 0 Å². The molecule has 0 aromatic carbocycles. The molecule has 0 fully saturated rings. The summed E-state index contributed by atoms with van der Waals surface area (Å²) in [6.45, 7) is 2.57. The van der Waals surface area contributed by atoms with Crippen LogP contribution in [0.1, 0.15) is 64.7 Å². The minimum absolute atomic E-state index is 0.0611. The topological polar surface area (TPSA) is 54.5 Å². The fraction of sp³-hybridized carbons (Fsp3) is 0.812. The van der Waals surface area contributed by atoms with Gasteiger partial charge in [0, 0.05) is 32.4 Å². The van der Waals surface area contributed by atoms with Crippen molar-refractivity contribution in [2.24, 2.45) is 5.92 Å². The van der Waals surface area contributed by atoms with Gasteiger partial charge in [-0.05, 0) is 12.8 Å². The summed E-state index contributed by atoms with van der Waals surface area (Å²) in [7, 11) is 1.81. The Balaban J connectivity index is 3.47. The van der Waals surface area contributed by atoms with E-state index in [1.807, 2.05) is 7.05 Å². The van der Waals surface area contributed by atoms with Crippen LogP contribution in [0.5, 0.6) is 0 Å². The first-order valence-corrected chi connectivity index (χ1v) is 7.75. The Hall–Kier alpha value is -1.19. The van der Waals surface area contributed by atoms with Crippen molar-refractivity contribution in [3.63, 3.8) is 0 Å². The van der Waals surface area contributed by atoms with Crippen molar-refractivity contribution in [2.45, 2.75) is 64.7 Å². The van der Waals surface area contributed by atoms with Gasteiger partial charge in [0.1, 0.15) is 12.6 Å². The molecule has 0 N–H and O–H groups in total. The van der Waals surface area contributed by atoms with E-state index in [-0.39, 0.29) is 11.8 Å². The zero-order chi connectivity index (χ0) is 15.2. The summed E-state index contributed by atoms with van der Waals surface area (Å²) in [6.07, 6.45) is 10.7. The molecule has 20 heavy (non-hydrogen) atoms. The van der Waals surface area contributed by atoms with Gasteiger partial charge in [-0.2, -0.15) is 0 Å². The predicted octanol–water partition coefficient (Wildman–Crippen LogP) is 2.99. The zero-order valence-electron chi connectivity index (χ0n) is 13.0. The zero-order valence-corrected chi connectivity index (χ0v) is 13.0. The lowest BCUT2D eigenvalue weighted by molar-refractivity contribution is -0.134. The molecule has 0 heterocycles. The molecule has 4 heteroatoms. The van der Waals surface area contributed by atoms with E-state index in [0.29, 0.717) is 12.8 Å². The van der Waals surface area contributed by atoms with Gasteiger partial charge in [-0.3, -0.25) is 4.79 Å². The third-order valence-electron chi connectivity index (χ3n) is 3.56. The van der Waals surface area contributed by atoms with Crippen LogP contribution in [-0.4, -0.2) is 37.0 Å². The Bertz CT molecular complexity index is 279. The van der Waals surface area contributed by atoms with Gasteiger partial charge in [0.05, 0.1) is 0 Å². The van der Waals surface area contributed by atoms with E-state index in [2.05, 4.69) is 0 Å². The largest absolute Gasteiger partial charge is 0.346 e. The van der Waals surface area contributed by atoms with Crippen LogP contribution in [0.25, 0.3) is 0 Å². The van der Waals surface area contributed by atoms with Gasteiger partial charge in [0.2, 0.25) is 5.91 Å². The van der Waals surface area contributed by atoms with E-state index < -0.39 is 0 Å². The fourth-order valence-corrected chi connectivity index (χ4v) is 2.19. The number of unbranched alkanes of at least 4 members (excludes halogenated alkanes) is 7. The number of carbonyl (C=O) groups excluding carboxylic acids is 3. The van der Waals surface area contributed by atoms with Crippen LogP contribution < -0.4 is 0 Å². The molecule has 0 aromatic heterocycles. The highest BCUT2D eigenvalue weighted by Crippen LogP contribution is 2.10. The van der Waals surface area contributed by atoms with Crippen LogP contribution in [0.15, 0.2) is 0 Å². The van der Waals surface area contributed by atoms with Gasteiger partial charge in [-0.1, -0.05) is 39.0 Å². The Labute approximate surface area is 122 Å². The average molecular weight is 283 g/mol. The maximum atomic E-state index is 11.8. The summed E-state index contributed by atoms with van der Waals surface area (Å²) in [5.74, 6) is -0.138. The van der Waals surface area contributed by atoms with Crippen LogP contribution in [-0.2, 0) is 14.4 Å². The van der Waals surface area contributed by atoms with E-state index >= 15 is 0 Å². The lowest BCUT2D eigenvalue weighted by Crippen LogP contribution is -2.32. The number of carbonyl (C=O) groups is 3. The molecular weight excluding hydrogens is 254 g/mol. The predicted molar refractivity (Wildman–Crippen MR) is 80.5 cm³/mol. The van der Waals surface area contributed by atoms with Crippen LogP contribution in [0, 0.1) is 5.92 Å². The smallest absolute Gasteiger partial charge is 0.225 e. The number of nitrogens with zero attached hydrogens (tertiary/aromatic N) is 1. The molecule has 4 nitrogen and oxygen atoms in total. The molecule has 0 aliphatic rings. The number of rotatable bonds is 13. The normalized spacial score (nSPS) is 11.9. The fourth-order valence-electron chi connectivity index (χ4n) is 2.19. The quantitative estimate of drug-likeness (QED) is 0.386. The highest BCUT2D eigenvalue weighted by Gasteiger charge is 2.16. The number of amides is 1. The van der Waals surface area contributed by atoms with Crippen molar-refractivity contribution in [1.29, 1.82) is 0 Å². The van der Waals surface area contributed by atoms with E-state index in [1.54, 1.807) is 11.8 Å². The van der Waals surface area contributed by atoms with Crippen molar-refractivity contribution in [2.75, 3.05) is 13.6 Å². The minimum Gasteiger partial charge on any atom is -0.346 e. The first-order valence-electron chi connectivity index (χ1n) is 7.75.